The van der Waals surface area contributed by atoms with Gasteiger partial charge in [-0.3, -0.25) is 4.79 Å². The van der Waals surface area contributed by atoms with Gasteiger partial charge in [0, 0.05) is 36.1 Å². The van der Waals surface area contributed by atoms with Crippen LogP contribution in [0.4, 0.5) is 0 Å². The third kappa shape index (κ3) is 3.90. The van der Waals surface area contributed by atoms with Crippen LogP contribution in [0.2, 0.25) is 0 Å². The zero-order chi connectivity index (χ0) is 17.8. The first-order valence-electron chi connectivity index (χ1n) is 8.08. The molecule has 25 heavy (non-hydrogen) atoms. The number of rotatable bonds is 6. The molecular weight excluding hydrogens is 336 g/mol. The molecule has 8 heteroatoms. The van der Waals surface area contributed by atoms with Gasteiger partial charge in [0.05, 0.1) is 12.2 Å². The number of nitrogens with one attached hydrogen (secondary N) is 1. The molecule has 0 aliphatic heterocycles. The molecule has 0 aromatic carbocycles. The lowest BCUT2D eigenvalue weighted by molar-refractivity contribution is -0.124. The third-order valence-electron chi connectivity index (χ3n) is 3.76. The van der Waals surface area contributed by atoms with Crippen LogP contribution in [0.25, 0.3) is 10.8 Å². The zero-order valence-corrected chi connectivity index (χ0v) is 15.2. The number of carbonyl (C=O) groups is 1. The number of amides is 1. The molecule has 3 aromatic rings. The Bertz CT molecular complexity index is 842. The summed E-state index contributed by atoms with van der Waals surface area (Å²) in [4.78, 5) is 29.6. The summed E-state index contributed by atoms with van der Waals surface area (Å²) in [5.74, 6) is 1.70. The molecule has 0 saturated heterocycles. The highest BCUT2D eigenvalue weighted by molar-refractivity contribution is 7.13. The zero-order valence-electron chi connectivity index (χ0n) is 14.4. The molecule has 7 nitrogen and oxygen atoms in total. The molecule has 1 amide bonds. The molecule has 3 heterocycles. The van der Waals surface area contributed by atoms with Crippen LogP contribution in [-0.2, 0) is 11.3 Å². The summed E-state index contributed by atoms with van der Waals surface area (Å²) in [5.41, 5.74) is 0.794. The molecular formula is C17H20N6OS. The van der Waals surface area contributed by atoms with Crippen molar-refractivity contribution in [3.8, 4) is 10.8 Å². The van der Waals surface area contributed by atoms with Gasteiger partial charge >= 0.3 is 0 Å². The minimum Gasteiger partial charge on any atom is -0.349 e. The van der Waals surface area contributed by atoms with Crippen molar-refractivity contribution in [3.63, 3.8) is 0 Å². The van der Waals surface area contributed by atoms with E-state index in [4.69, 9.17) is 0 Å². The normalized spacial score (nSPS) is 12.3. The molecule has 3 aromatic heterocycles. The van der Waals surface area contributed by atoms with Gasteiger partial charge in [-0.15, -0.1) is 11.3 Å². The molecule has 130 valence electrons. The Morgan fingerprint density at radius 1 is 1.20 bits per heavy atom. The molecule has 0 fully saturated rings. The van der Waals surface area contributed by atoms with E-state index in [1.165, 1.54) is 11.3 Å². The van der Waals surface area contributed by atoms with Crippen molar-refractivity contribution < 1.29 is 4.79 Å². The lowest BCUT2D eigenvalue weighted by atomic mass is 10.2. The fourth-order valence-corrected chi connectivity index (χ4v) is 3.22. The van der Waals surface area contributed by atoms with E-state index in [9.17, 15) is 4.79 Å². The third-order valence-corrected chi connectivity index (χ3v) is 4.65. The Hall–Kier alpha value is -2.61. The summed E-state index contributed by atoms with van der Waals surface area (Å²) in [6.07, 6.45) is 6.94. The molecule has 0 aliphatic carbocycles. The summed E-state index contributed by atoms with van der Waals surface area (Å²) in [7, 11) is 0. The highest BCUT2D eigenvalue weighted by Crippen LogP contribution is 2.20. The topological polar surface area (TPSA) is 85.6 Å². The second kappa shape index (κ2) is 7.52. The molecule has 0 spiro atoms. The van der Waals surface area contributed by atoms with Crippen LogP contribution < -0.4 is 5.32 Å². The summed E-state index contributed by atoms with van der Waals surface area (Å²) in [6.45, 7) is 6.36. The lowest BCUT2D eigenvalue weighted by Gasteiger charge is -2.17. The van der Waals surface area contributed by atoms with Crippen molar-refractivity contribution in [3.05, 3.63) is 47.8 Å². The molecule has 0 saturated carbocycles. The number of hydrogen-bond donors (Lipinski definition) is 1. The van der Waals surface area contributed by atoms with Crippen LogP contribution in [0.15, 0.2) is 36.2 Å². The van der Waals surface area contributed by atoms with Gasteiger partial charge in [0.15, 0.2) is 10.8 Å². The molecule has 0 aliphatic rings. The molecule has 0 unspecified atom stereocenters. The van der Waals surface area contributed by atoms with E-state index >= 15 is 0 Å². The van der Waals surface area contributed by atoms with Gasteiger partial charge in [0.25, 0.3) is 0 Å². The number of thiazole rings is 1. The van der Waals surface area contributed by atoms with E-state index in [1.807, 2.05) is 23.1 Å². The maximum atomic E-state index is 12.5. The van der Waals surface area contributed by atoms with Crippen LogP contribution in [0.3, 0.4) is 0 Å². The minimum absolute atomic E-state index is 0.0644. The largest absolute Gasteiger partial charge is 0.349 e. The van der Waals surface area contributed by atoms with Crippen molar-refractivity contribution >= 4 is 17.2 Å². The van der Waals surface area contributed by atoms with Gasteiger partial charge in [-0.25, -0.2) is 19.9 Å². The average molecular weight is 356 g/mol. The minimum atomic E-state index is -0.324. The highest BCUT2D eigenvalue weighted by atomic mass is 32.1. The molecule has 0 radical (unpaired) electrons. The standard InChI is InChI=1S/C17H20N6OS/c1-11(2)15-20-7-8-23(15)12(3)16(24)21-9-13-10-25-17(22-13)14-18-5-4-6-19-14/h4-8,10-12H,9H2,1-3H3,(H,21,24)/t12-/m1/s1. The summed E-state index contributed by atoms with van der Waals surface area (Å²) in [5, 5.41) is 5.59. The fraction of sp³-hybridized carbons (Fsp3) is 0.353. The quantitative estimate of drug-likeness (QED) is 0.734. The Balaban J connectivity index is 1.63. The van der Waals surface area contributed by atoms with E-state index < -0.39 is 0 Å². The maximum absolute atomic E-state index is 12.5. The smallest absolute Gasteiger partial charge is 0.243 e. The van der Waals surface area contributed by atoms with Crippen LogP contribution in [0, 0.1) is 0 Å². The molecule has 0 bridgehead atoms. The summed E-state index contributed by atoms with van der Waals surface area (Å²) >= 11 is 1.46. The Morgan fingerprint density at radius 2 is 1.96 bits per heavy atom. The van der Waals surface area contributed by atoms with E-state index in [1.54, 1.807) is 24.7 Å². The van der Waals surface area contributed by atoms with Gasteiger partial charge in [0.2, 0.25) is 5.91 Å². The summed E-state index contributed by atoms with van der Waals surface area (Å²) in [6, 6.07) is 1.44. The summed E-state index contributed by atoms with van der Waals surface area (Å²) < 4.78 is 1.91. The molecule has 1 atom stereocenters. The number of nitrogens with zero attached hydrogens (tertiary/aromatic N) is 5. The van der Waals surface area contributed by atoms with E-state index in [-0.39, 0.29) is 17.9 Å². The first-order valence-corrected chi connectivity index (χ1v) is 8.96. The van der Waals surface area contributed by atoms with Crippen molar-refractivity contribution in [1.29, 1.82) is 0 Å². The highest BCUT2D eigenvalue weighted by Gasteiger charge is 2.19. The predicted molar refractivity (Wildman–Crippen MR) is 96.0 cm³/mol. The monoisotopic (exact) mass is 356 g/mol. The van der Waals surface area contributed by atoms with Crippen molar-refractivity contribution in [2.45, 2.75) is 39.3 Å². The van der Waals surface area contributed by atoms with Gasteiger partial charge in [-0.1, -0.05) is 13.8 Å². The number of aromatic nitrogens is 5. The van der Waals surface area contributed by atoms with Crippen molar-refractivity contribution in [1.82, 2.24) is 29.8 Å². The fourth-order valence-electron chi connectivity index (χ4n) is 2.45. The second-order valence-electron chi connectivity index (χ2n) is 5.96. The Labute approximate surface area is 150 Å². The second-order valence-corrected chi connectivity index (χ2v) is 6.82. The van der Waals surface area contributed by atoms with Crippen molar-refractivity contribution in [2.75, 3.05) is 0 Å². The average Bonchev–Trinajstić information content (AvgIpc) is 3.29. The van der Waals surface area contributed by atoms with E-state index in [0.717, 1.165) is 16.5 Å². The maximum Gasteiger partial charge on any atom is 0.243 e. The predicted octanol–water partition coefficient (Wildman–Crippen LogP) is 2.80. The number of carbonyl (C=O) groups excluding carboxylic acids is 1. The van der Waals surface area contributed by atoms with E-state index in [2.05, 4.69) is 39.1 Å². The van der Waals surface area contributed by atoms with Crippen LogP contribution in [0.1, 0.15) is 44.2 Å². The number of imidazole rings is 1. The lowest BCUT2D eigenvalue weighted by Crippen LogP contribution is -2.31. The number of hydrogen-bond acceptors (Lipinski definition) is 6. The SMILES string of the molecule is CC(C)c1nccn1[C@H](C)C(=O)NCc1csc(-c2ncccn2)n1. The first kappa shape index (κ1) is 17.2. The van der Waals surface area contributed by atoms with E-state index in [0.29, 0.717) is 12.4 Å². The Morgan fingerprint density at radius 3 is 2.68 bits per heavy atom. The van der Waals surface area contributed by atoms with Gasteiger partial charge in [-0.05, 0) is 13.0 Å². The van der Waals surface area contributed by atoms with Gasteiger partial charge < -0.3 is 9.88 Å². The van der Waals surface area contributed by atoms with Crippen molar-refractivity contribution in [2.24, 2.45) is 0 Å². The van der Waals surface area contributed by atoms with Crippen LogP contribution >= 0.6 is 11.3 Å². The molecule has 3 rings (SSSR count). The van der Waals surface area contributed by atoms with Gasteiger partial charge in [-0.2, -0.15) is 0 Å². The van der Waals surface area contributed by atoms with Crippen LogP contribution in [-0.4, -0.2) is 30.4 Å². The van der Waals surface area contributed by atoms with Gasteiger partial charge in [0.1, 0.15) is 11.9 Å². The first-order chi connectivity index (χ1) is 12.1. The Kier molecular flexibility index (Phi) is 5.18. The van der Waals surface area contributed by atoms with Crippen LogP contribution in [0.5, 0.6) is 0 Å². The molecule has 1 N–H and O–H groups in total.